The molecule has 0 saturated carbocycles. The van der Waals surface area contributed by atoms with E-state index in [0.29, 0.717) is 12.2 Å². The highest BCUT2D eigenvalue weighted by Gasteiger charge is 2.05. The molecule has 0 saturated heterocycles. The van der Waals surface area contributed by atoms with Gasteiger partial charge in [-0.15, -0.1) is 11.8 Å². The zero-order valence-corrected chi connectivity index (χ0v) is 8.12. The fourth-order valence-corrected chi connectivity index (χ4v) is 1.70. The Morgan fingerprint density at radius 2 is 2.29 bits per heavy atom. The van der Waals surface area contributed by atoms with Gasteiger partial charge in [0, 0.05) is 29.2 Å². The molecular weight excluding hydrogens is 202 g/mol. The van der Waals surface area contributed by atoms with Crippen LogP contribution in [-0.2, 0) is 4.79 Å². The van der Waals surface area contributed by atoms with Gasteiger partial charge in [-0.05, 0) is 6.07 Å². The third-order valence-corrected chi connectivity index (χ3v) is 2.50. The lowest BCUT2D eigenvalue weighted by Gasteiger charge is -1.97. The molecule has 0 aliphatic heterocycles. The van der Waals surface area contributed by atoms with E-state index in [9.17, 15) is 14.9 Å². The third kappa shape index (κ3) is 3.18. The Hall–Kier alpha value is -1.36. The molecule has 1 radical (unpaired) electrons. The predicted octanol–water partition coefficient (Wildman–Crippen LogP) is 2.19. The van der Waals surface area contributed by atoms with Crippen molar-refractivity contribution in [3.63, 3.8) is 0 Å². The van der Waals surface area contributed by atoms with Gasteiger partial charge in [0.2, 0.25) is 0 Å². The van der Waals surface area contributed by atoms with Crippen LogP contribution in [0.25, 0.3) is 0 Å². The molecule has 0 bridgehead atoms. The molecule has 0 aliphatic carbocycles. The van der Waals surface area contributed by atoms with E-state index in [2.05, 4.69) is 0 Å². The van der Waals surface area contributed by atoms with E-state index in [1.165, 1.54) is 23.9 Å². The van der Waals surface area contributed by atoms with Crippen LogP contribution >= 0.6 is 11.8 Å². The number of hydrogen-bond donors (Lipinski definition) is 0. The van der Waals surface area contributed by atoms with Gasteiger partial charge >= 0.3 is 0 Å². The summed E-state index contributed by atoms with van der Waals surface area (Å²) < 4.78 is 0. The van der Waals surface area contributed by atoms with E-state index in [0.717, 1.165) is 4.90 Å². The first-order chi connectivity index (χ1) is 6.74. The minimum atomic E-state index is -0.435. The fourth-order valence-electron chi connectivity index (χ4n) is 0.897. The summed E-state index contributed by atoms with van der Waals surface area (Å²) >= 11 is 1.41. The Balaban J connectivity index is 2.63. The number of non-ortho nitro benzene ring substituents is 1. The highest BCUT2D eigenvalue weighted by atomic mass is 32.2. The van der Waals surface area contributed by atoms with Gasteiger partial charge < -0.3 is 0 Å². The Morgan fingerprint density at radius 1 is 1.50 bits per heavy atom. The first-order valence-corrected chi connectivity index (χ1v) is 4.95. The molecular formula is C9H8NO3S. The second-order valence-electron chi connectivity index (χ2n) is 2.50. The Kier molecular flexibility index (Phi) is 4.12. The van der Waals surface area contributed by atoms with E-state index in [1.807, 2.05) is 0 Å². The van der Waals surface area contributed by atoms with Crippen LogP contribution in [0.15, 0.2) is 29.2 Å². The first kappa shape index (κ1) is 10.7. The van der Waals surface area contributed by atoms with Crippen LogP contribution in [-0.4, -0.2) is 17.0 Å². The zero-order chi connectivity index (χ0) is 10.4. The number of thioether (sulfide) groups is 1. The lowest BCUT2D eigenvalue weighted by atomic mass is 10.3. The number of nitrogens with zero attached hydrogens (tertiary/aromatic N) is 1. The molecule has 1 aromatic rings. The number of rotatable bonds is 5. The number of carbonyl (C=O) groups excluding carboxylic acids is 1. The van der Waals surface area contributed by atoms with Gasteiger partial charge in [-0.1, -0.05) is 6.07 Å². The van der Waals surface area contributed by atoms with Crippen molar-refractivity contribution in [2.75, 3.05) is 5.75 Å². The van der Waals surface area contributed by atoms with Crippen LogP contribution < -0.4 is 0 Å². The molecule has 1 aromatic carbocycles. The molecule has 0 spiro atoms. The SMILES string of the molecule is O=[C]CCSc1cccc([N+](=O)[O-])c1. The monoisotopic (exact) mass is 210 g/mol. The summed E-state index contributed by atoms with van der Waals surface area (Å²) in [4.78, 5) is 20.7. The molecule has 0 heterocycles. The highest BCUT2D eigenvalue weighted by Crippen LogP contribution is 2.22. The summed E-state index contributed by atoms with van der Waals surface area (Å²) in [5, 5.41) is 10.4. The fraction of sp³-hybridized carbons (Fsp3) is 0.222. The van der Waals surface area contributed by atoms with Crippen molar-refractivity contribution in [3.05, 3.63) is 34.4 Å². The van der Waals surface area contributed by atoms with Crippen molar-refractivity contribution in [3.8, 4) is 0 Å². The van der Waals surface area contributed by atoms with Gasteiger partial charge in [-0.3, -0.25) is 14.9 Å². The maximum Gasteiger partial charge on any atom is 0.270 e. The number of nitro benzene ring substituents is 1. The topological polar surface area (TPSA) is 60.2 Å². The molecule has 1 rings (SSSR count). The van der Waals surface area contributed by atoms with E-state index >= 15 is 0 Å². The Morgan fingerprint density at radius 3 is 2.93 bits per heavy atom. The van der Waals surface area contributed by atoms with E-state index < -0.39 is 4.92 Å². The van der Waals surface area contributed by atoms with Crippen molar-refractivity contribution >= 4 is 23.7 Å². The average Bonchev–Trinajstić information content (AvgIpc) is 2.19. The lowest BCUT2D eigenvalue weighted by Crippen LogP contribution is -1.87. The molecule has 4 nitrogen and oxygen atoms in total. The van der Waals surface area contributed by atoms with Crippen LogP contribution in [0.4, 0.5) is 5.69 Å². The lowest BCUT2D eigenvalue weighted by molar-refractivity contribution is -0.385. The summed E-state index contributed by atoms with van der Waals surface area (Å²) in [5.74, 6) is 0.602. The van der Waals surface area contributed by atoms with Crippen molar-refractivity contribution in [1.29, 1.82) is 0 Å². The van der Waals surface area contributed by atoms with Crippen LogP contribution in [0, 0.1) is 10.1 Å². The molecule has 0 N–H and O–H groups in total. The molecule has 0 unspecified atom stereocenters. The average molecular weight is 210 g/mol. The van der Waals surface area contributed by atoms with Crippen LogP contribution in [0.3, 0.4) is 0 Å². The molecule has 0 fully saturated rings. The normalized spacial score (nSPS) is 9.71. The molecule has 14 heavy (non-hydrogen) atoms. The van der Waals surface area contributed by atoms with Crippen molar-refractivity contribution in [1.82, 2.24) is 0 Å². The molecule has 0 aliphatic rings. The van der Waals surface area contributed by atoms with Gasteiger partial charge in [-0.25, -0.2) is 0 Å². The van der Waals surface area contributed by atoms with Crippen LogP contribution in [0.5, 0.6) is 0 Å². The molecule has 5 heteroatoms. The van der Waals surface area contributed by atoms with E-state index in [-0.39, 0.29) is 5.69 Å². The summed E-state index contributed by atoms with van der Waals surface area (Å²) in [6.45, 7) is 0. The van der Waals surface area contributed by atoms with Crippen molar-refractivity contribution < 1.29 is 9.72 Å². The molecule has 0 amide bonds. The third-order valence-electron chi connectivity index (χ3n) is 1.50. The predicted molar refractivity (Wildman–Crippen MR) is 54.1 cm³/mol. The summed E-state index contributed by atoms with van der Waals surface area (Å²) in [7, 11) is 0. The molecule has 73 valence electrons. The number of nitro groups is 1. The molecule has 0 atom stereocenters. The first-order valence-electron chi connectivity index (χ1n) is 3.96. The summed E-state index contributed by atoms with van der Waals surface area (Å²) in [6, 6.07) is 6.35. The number of benzene rings is 1. The quantitative estimate of drug-likeness (QED) is 0.323. The second kappa shape index (κ2) is 5.39. The van der Waals surface area contributed by atoms with Crippen LogP contribution in [0.1, 0.15) is 6.42 Å². The zero-order valence-electron chi connectivity index (χ0n) is 7.30. The molecule has 0 aromatic heterocycles. The Bertz CT molecular complexity index is 341. The smallest absolute Gasteiger partial charge is 0.270 e. The van der Waals surface area contributed by atoms with Gasteiger partial charge in [0.05, 0.1) is 4.92 Å². The van der Waals surface area contributed by atoms with Gasteiger partial charge in [0.1, 0.15) is 0 Å². The highest BCUT2D eigenvalue weighted by molar-refractivity contribution is 7.99. The van der Waals surface area contributed by atoms with Crippen molar-refractivity contribution in [2.45, 2.75) is 11.3 Å². The Labute approximate surface area is 85.5 Å². The van der Waals surface area contributed by atoms with Gasteiger partial charge in [0.15, 0.2) is 6.29 Å². The standard InChI is InChI=1S/C9H8NO3S/c11-5-2-6-14-9-4-1-3-8(7-9)10(12)13/h1,3-4,7H,2,6H2. The van der Waals surface area contributed by atoms with E-state index in [4.69, 9.17) is 0 Å². The second-order valence-corrected chi connectivity index (χ2v) is 3.67. The van der Waals surface area contributed by atoms with Gasteiger partial charge in [0.25, 0.3) is 5.69 Å². The number of hydrogen-bond acceptors (Lipinski definition) is 4. The summed E-state index contributed by atoms with van der Waals surface area (Å²) in [6.07, 6.45) is 2.11. The maximum absolute atomic E-state index is 10.4. The maximum atomic E-state index is 10.4. The van der Waals surface area contributed by atoms with E-state index in [1.54, 1.807) is 18.4 Å². The van der Waals surface area contributed by atoms with Crippen LogP contribution in [0.2, 0.25) is 0 Å². The minimum Gasteiger partial charge on any atom is -0.291 e. The minimum absolute atomic E-state index is 0.0742. The van der Waals surface area contributed by atoms with Gasteiger partial charge in [-0.2, -0.15) is 0 Å². The van der Waals surface area contributed by atoms with Crippen molar-refractivity contribution in [2.24, 2.45) is 0 Å². The summed E-state index contributed by atoms with van der Waals surface area (Å²) in [5.41, 5.74) is 0.0742. The largest absolute Gasteiger partial charge is 0.291 e.